The van der Waals surface area contributed by atoms with Crippen molar-refractivity contribution in [2.75, 3.05) is 5.75 Å². The summed E-state index contributed by atoms with van der Waals surface area (Å²) in [6.07, 6.45) is 3.09. The van der Waals surface area contributed by atoms with E-state index < -0.39 is 5.97 Å². The second kappa shape index (κ2) is 3.21. The van der Waals surface area contributed by atoms with Gasteiger partial charge >= 0.3 is 5.97 Å². The fraction of sp³-hybridized carbons (Fsp3) is 0.250. The van der Waals surface area contributed by atoms with E-state index in [2.05, 4.69) is 10.3 Å². The molecular formula is C4H5N3O2S. The number of nitrogens with zero attached hydrogens (tertiary/aromatic N) is 3. The van der Waals surface area contributed by atoms with Gasteiger partial charge in [0, 0.05) is 0 Å². The van der Waals surface area contributed by atoms with Crippen molar-refractivity contribution in [3.8, 4) is 0 Å². The summed E-state index contributed by atoms with van der Waals surface area (Å²) in [6, 6.07) is 0. The maximum absolute atomic E-state index is 10.0. The summed E-state index contributed by atoms with van der Waals surface area (Å²) in [5.74, 6) is -0.857. The number of hydrogen-bond acceptors (Lipinski definition) is 4. The Kier molecular flexibility index (Phi) is 2.27. The molecule has 0 aliphatic heterocycles. The molecule has 1 rings (SSSR count). The molecule has 0 amide bonds. The number of carboxylic acid groups (broad SMARTS) is 1. The van der Waals surface area contributed by atoms with E-state index >= 15 is 0 Å². The smallest absolute Gasteiger partial charge is 0.315 e. The van der Waals surface area contributed by atoms with Gasteiger partial charge in [-0.3, -0.25) is 4.79 Å². The number of carboxylic acids is 1. The first-order chi connectivity index (χ1) is 4.79. The van der Waals surface area contributed by atoms with Crippen molar-refractivity contribution in [1.29, 1.82) is 0 Å². The highest BCUT2D eigenvalue weighted by molar-refractivity contribution is 7.98. The van der Waals surface area contributed by atoms with Gasteiger partial charge in [0.25, 0.3) is 0 Å². The van der Waals surface area contributed by atoms with Crippen LogP contribution in [0.25, 0.3) is 0 Å². The molecule has 0 unspecified atom stereocenters. The van der Waals surface area contributed by atoms with Crippen molar-refractivity contribution < 1.29 is 9.90 Å². The molecule has 10 heavy (non-hydrogen) atoms. The lowest BCUT2D eigenvalue weighted by molar-refractivity contribution is -0.133. The van der Waals surface area contributed by atoms with E-state index in [9.17, 15) is 4.79 Å². The molecule has 0 bridgehead atoms. The molecule has 0 radical (unpaired) electrons. The molecule has 0 aliphatic rings. The van der Waals surface area contributed by atoms with Crippen LogP contribution in [0.2, 0.25) is 0 Å². The molecule has 0 aromatic carbocycles. The minimum atomic E-state index is -0.861. The molecule has 0 spiro atoms. The lowest BCUT2D eigenvalue weighted by Gasteiger charge is -1.92. The first-order valence-corrected chi connectivity index (χ1v) is 3.44. The highest BCUT2D eigenvalue weighted by Gasteiger charge is 1.97. The van der Waals surface area contributed by atoms with E-state index in [0.29, 0.717) is 0 Å². The molecule has 1 heterocycles. The normalized spacial score (nSPS) is 9.60. The third kappa shape index (κ3) is 2.06. The van der Waals surface area contributed by atoms with Gasteiger partial charge in [-0.2, -0.15) is 4.09 Å². The molecule has 1 N–H and O–H groups in total. The third-order valence-electron chi connectivity index (χ3n) is 0.721. The van der Waals surface area contributed by atoms with Crippen LogP contribution in [0.1, 0.15) is 0 Å². The van der Waals surface area contributed by atoms with Crippen LogP contribution < -0.4 is 0 Å². The van der Waals surface area contributed by atoms with Crippen molar-refractivity contribution in [1.82, 2.24) is 14.4 Å². The van der Waals surface area contributed by atoms with Gasteiger partial charge in [0.15, 0.2) is 0 Å². The zero-order chi connectivity index (χ0) is 7.40. The van der Waals surface area contributed by atoms with E-state index in [1.54, 1.807) is 6.20 Å². The largest absolute Gasteiger partial charge is 0.481 e. The molecule has 1 aromatic rings. The average molecular weight is 159 g/mol. The minimum Gasteiger partial charge on any atom is -0.481 e. The lowest BCUT2D eigenvalue weighted by atomic mass is 10.8. The predicted octanol–water partition coefficient (Wildman–Crippen LogP) is -0.141. The third-order valence-corrected chi connectivity index (χ3v) is 1.56. The number of rotatable bonds is 3. The maximum Gasteiger partial charge on any atom is 0.315 e. The fourth-order valence-corrected chi connectivity index (χ4v) is 0.865. The number of aliphatic carboxylic acids is 1. The van der Waals surface area contributed by atoms with E-state index in [-0.39, 0.29) is 5.75 Å². The lowest BCUT2D eigenvalue weighted by Crippen LogP contribution is -2.01. The standard InChI is InChI=1S/C4H5N3O2S/c8-4(9)3-10-7-2-1-5-6-7/h1-2H,3H2,(H,8,9). The SMILES string of the molecule is O=C(O)CSn1ccnn1. The van der Waals surface area contributed by atoms with Gasteiger partial charge in [-0.25, -0.2) is 0 Å². The van der Waals surface area contributed by atoms with Crippen LogP contribution in [0.15, 0.2) is 12.4 Å². The van der Waals surface area contributed by atoms with Crippen LogP contribution in [0, 0.1) is 0 Å². The summed E-state index contributed by atoms with van der Waals surface area (Å²) in [7, 11) is 0. The quantitative estimate of drug-likeness (QED) is 0.664. The topological polar surface area (TPSA) is 68.0 Å². The predicted molar refractivity (Wildman–Crippen MR) is 35.5 cm³/mol. The second-order valence-corrected chi connectivity index (χ2v) is 2.39. The molecule has 0 saturated heterocycles. The Labute approximate surface area is 61.2 Å². The molecule has 0 atom stereocenters. The molecular weight excluding hydrogens is 154 g/mol. The minimum absolute atomic E-state index is 0.00333. The highest BCUT2D eigenvalue weighted by Crippen LogP contribution is 1.99. The van der Waals surface area contributed by atoms with Crippen molar-refractivity contribution in [3.05, 3.63) is 12.4 Å². The molecule has 0 saturated carbocycles. The van der Waals surface area contributed by atoms with Crippen molar-refractivity contribution in [3.63, 3.8) is 0 Å². The number of carbonyl (C=O) groups is 1. The summed E-state index contributed by atoms with van der Waals surface area (Å²) >= 11 is 1.08. The first kappa shape index (κ1) is 7.07. The van der Waals surface area contributed by atoms with Crippen LogP contribution in [-0.2, 0) is 4.79 Å². The molecule has 0 aliphatic carbocycles. The van der Waals surface area contributed by atoms with Crippen molar-refractivity contribution in [2.24, 2.45) is 0 Å². The fourth-order valence-electron chi connectivity index (χ4n) is 0.388. The van der Waals surface area contributed by atoms with Crippen molar-refractivity contribution >= 4 is 17.9 Å². The van der Waals surface area contributed by atoms with Gasteiger partial charge in [0.05, 0.1) is 12.4 Å². The second-order valence-electron chi connectivity index (χ2n) is 1.47. The Bertz CT molecular complexity index is 210. The molecule has 6 heteroatoms. The number of aromatic nitrogens is 3. The molecule has 0 fully saturated rings. The Hall–Kier alpha value is -1.04. The summed E-state index contributed by atoms with van der Waals surface area (Å²) in [5, 5.41) is 15.3. The first-order valence-electron chi connectivity index (χ1n) is 2.50. The Morgan fingerprint density at radius 3 is 3.10 bits per heavy atom. The van der Waals surface area contributed by atoms with Gasteiger partial charge in [0.2, 0.25) is 0 Å². The summed E-state index contributed by atoms with van der Waals surface area (Å²) in [4.78, 5) is 10.0. The van der Waals surface area contributed by atoms with E-state index in [4.69, 9.17) is 5.11 Å². The van der Waals surface area contributed by atoms with E-state index in [0.717, 1.165) is 11.9 Å². The summed E-state index contributed by atoms with van der Waals surface area (Å²) in [6.45, 7) is 0. The Balaban J connectivity index is 2.35. The molecule has 54 valence electrons. The summed E-state index contributed by atoms with van der Waals surface area (Å²) < 4.78 is 1.40. The van der Waals surface area contributed by atoms with E-state index in [1.165, 1.54) is 10.3 Å². The van der Waals surface area contributed by atoms with Crippen LogP contribution in [0.3, 0.4) is 0 Å². The van der Waals surface area contributed by atoms with Crippen LogP contribution in [0.5, 0.6) is 0 Å². The zero-order valence-electron chi connectivity index (χ0n) is 4.97. The monoisotopic (exact) mass is 159 g/mol. The average Bonchev–Trinajstić information content (AvgIpc) is 2.34. The Morgan fingerprint density at radius 1 is 1.80 bits per heavy atom. The zero-order valence-corrected chi connectivity index (χ0v) is 5.78. The highest BCUT2D eigenvalue weighted by atomic mass is 32.2. The molecule has 5 nitrogen and oxygen atoms in total. The van der Waals surface area contributed by atoms with Crippen molar-refractivity contribution in [2.45, 2.75) is 0 Å². The van der Waals surface area contributed by atoms with Crippen LogP contribution in [0.4, 0.5) is 0 Å². The maximum atomic E-state index is 10.0. The Morgan fingerprint density at radius 2 is 2.60 bits per heavy atom. The van der Waals surface area contributed by atoms with Gasteiger partial charge in [0.1, 0.15) is 5.75 Å². The number of hydrogen-bond donors (Lipinski definition) is 1. The van der Waals surface area contributed by atoms with Crippen LogP contribution >= 0.6 is 11.9 Å². The molecule has 1 aromatic heterocycles. The van der Waals surface area contributed by atoms with Gasteiger partial charge in [-0.15, -0.1) is 5.10 Å². The van der Waals surface area contributed by atoms with Gasteiger partial charge in [-0.05, 0) is 11.9 Å². The summed E-state index contributed by atoms with van der Waals surface area (Å²) in [5.41, 5.74) is 0. The van der Waals surface area contributed by atoms with Gasteiger partial charge in [-0.1, -0.05) is 5.21 Å². The van der Waals surface area contributed by atoms with E-state index in [1.807, 2.05) is 0 Å². The van der Waals surface area contributed by atoms with Gasteiger partial charge < -0.3 is 5.11 Å². The van der Waals surface area contributed by atoms with Crippen LogP contribution in [-0.4, -0.2) is 31.2 Å².